The predicted molar refractivity (Wildman–Crippen MR) is 83.1 cm³/mol. The Bertz CT molecular complexity index is 672. The number of fused-ring (bicyclic) bond motifs is 1. The van der Waals surface area contributed by atoms with Crippen LogP contribution in [0.1, 0.15) is 33.2 Å². The first-order valence-corrected chi connectivity index (χ1v) is 7.37. The van der Waals surface area contributed by atoms with Gasteiger partial charge in [-0.2, -0.15) is 0 Å². The molecule has 22 heavy (non-hydrogen) atoms. The van der Waals surface area contributed by atoms with Gasteiger partial charge in [-0.25, -0.2) is 0 Å². The van der Waals surface area contributed by atoms with Crippen LogP contribution in [0.4, 0.5) is 0 Å². The van der Waals surface area contributed by atoms with Gasteiger partial charge in [-0.15, -0.1) is 0 Å². The summed E-state index contributed by atoms with van der Waals surface area (Å²) >= 11 is 0. The van der Waals surface area contributed by atoms with E-state index in [1.54, 1.807) is 24.3 Å². The third-order valence-corrected chi connectivity index (χ3v) is 3.79. The van der Waals surface area contributed by atoms with E-state index in [1.807, 2.05) is 24.3 Å². The molecule has 112 valence electrons. The zero-order valence-electron chi connectivity index (χ0n) is 12.4. The van der Waals surface area contributed by atoms with E-state index in [9.17, 15) is 9.59 Å². The van der Waals surface area contributed by atoms with Crippen LogP contribution in [0.15, 0.2) is 48.5 Å². The molecule has 2 aromatic rings. The molecule has 0 saturated heterocycles. The van der Waals surface area contributed by atoms with Gasteiger partial charge in [0.2, 0.25) is 0 Å². The van der Waals surface area contributed by atoms with Crippen LogP contribution in [0.25, 0.3) is 0 Å². The second-order valence-electron chi connectivity index (χ2n) is 5.15. The van der Waals surface area contributed by atoms with E-state index in [1.165, 1.54) is 10.5 Å². The van der Waals surface area contributed by atoms with Gasteiger partial charge in [-0.05, 0) is 36.2 Å². The highest BCUT2D eigenvalue weighted by molar-refractivity contribution is 6.21. The summed E-state index contributed by atoms with van der Waals surface area (Å²) in [6.45, 7) is 2.64. The lowest BCUT2D eigenvalue weighted by atomic mass is 10.1. The molecule has 2 aromatic carbocycles. The van der Waals surface area contributed by atoms with Gasteiger partial charge in [0.25, 0.3) is 11.8 Å². The van der Waals surface area contributed by atoms with Gasteiger partial charge in [0, 0.05) is 0 Å². The van der Waals surface area contributed by atoms with Gasteiger partial charge in [-0.3, -0.25) is 14.5 Å². The van der Waals surface area contributed by atoms with Gasteiger partial charge in [0.1, 0.15) is 12.4 Å². The second kappa shape index (κ2) is 6.02. The largest absolute Gasteiger partial charge is 0.492 e. The first kappa shape index (κ1) is 14.3. The summed E-state index contributed by atoms with van der Waals surface area (Å²) in [6.07, 6.45) is 0.981. The molecule has 0 fully saturated rings. The van der Waals surface area contributed by atoms with Crippen molar-refractivity contribution in [3.63, 3.8) is 0 Å². The molecule has 0 bridgehead atoms. The molecule has 0 radical (unpaired) electrons. The smallest absolute Gasteiger partial charge is 0.261 e. The lowest BCUT2D eigenvalue weighted by Gasteiger charge is -2.14. The summed E-state index contributed by atoms with van der Waals surface area (Å²) in [6, 6.07) is 14.7. The fourth-order valence-corrected chi connectivity index (χ4v) is 2.52. The van der Waals surface area contributed by atoms with Crippen LogP contribution in [0.2, 0.25) is 0 Å². The quantitative estimate of drug-likeness (QED) is 0.797. The molecule has 0 saturated carbocycles. The van der Waals surface area contributed by atoms with Gasteiger partial charge in [0.05, 0.1) is 17.7 Å². The van der Waals surface area contributed by atoms with Crippen molar-refractivity contribution in [3.8, 4) is 5.75 Å². The third-order valence-electron chi connectivity index (χ3n) is 3.79. The Labute approximate surface area is 129 Å². The standard InChI is InChI=1S/C18H17NO3/c1-2-13-7-9-14(10-8-13)22-12-11-19-17(20)15-5-3-4-6-16(15)18(19)21/h3-10H,2,11-12H2,1H3. The molecule has 0 atom stereocenters. The fraction of sp³-hybridized carbons (Fsp3) is 0.222. The maximum atomic E-state index is 12.2. The minimum atomic E-state index is -0.245. The maximum Gasteiger partial charge on any atom is 0.261 e. The molecule has 0 aromatic heterocycles. The number of hydrogen-bond donors (Lipinski definition) is 0. The van der Waals surface area contributed by atoms with E-state index < -0.39 is 0 Å². The van der Waals surface area contributed by atoms with Crippen molar-refractivity contribution in [2.24, 2.45) is 0 Å². The SMILES string of the molecule is CCc1ccc(OCCN2C(=O)c3ccccc3C2=O)cc1. The summed E-state index contributed by atoms with van der Waals surface area (Å²) in [5, 5.41) is 0. The number of nitrogens with zero attached hydrogens (tertiary/aromatic N) is 1. The molecule has 3 rings (SSSR count). The molecule has 4 heteroatoms. The van der Waals surface area contributed by atoms with Gasteiger partial charge < -0.3 is 4.74 Å². The zero-order valence-corrected chi connectivity index (χ0v) is 12.4. The molecule has 1 aliphatic heterocycles. The Morgan fingerprint density at radius 1 is 0.909 bits per heavy atom. The van der Waals surface area contributed by atoms with Gasteiger partial charge in [-0.1, -0.05) is 31.2 Å². The first-order chi connectivity index (χ1) is 10.7. The summed E-state index contributed by atoms with van der Waals surface area (Å²) in [7, 11) is 0. The summed E-state index contributed by atoms with van der Waals surface area (Å²) in [4.78, 5) is 25.6. The van der Waals surface area contributed by atoms with Crippen molar-refractivity contribution in [2.45, 2.75) is 13.3 Å². The van der Waals surface area contributed by atoms with Crippen molar-refractivity contribution in [2.75, 3.05) is 13.2 Å². The van der Waals surface area contributed by atoms with Crippen LogP contribution in [0.3, 0.4) is 0 Å². The average molecular weight is 295 g/mol. The first-order valence-electron chi connectivity index (χ1n) is 7.37. The van der Waals surface area contributed by atoms with E-state index in [0.29, 0.717) is 11.1 Å². The van der Waals surface area contributed by atoms with Crippen LogP contribution in [-0.4, -0.2) is 29.9 Å². The number of ether oxygens (including phenoxy) is 1. The van der Waals surface area contributed by atoms with E-state index in [4.69, 9.17) is 4.74 Å². The number of carbonyl (C=O) groups is 2. The molecular formula is C18H17NO3. The molecule has 4 nitrogen and oxygen atoms in total. The molecule has 0 spiro atoms. The van der Waals surface area contributed by atoms with Crippen LogP contribution in [0, 0.1) is 0 Å². The van der Waals surface area contributed by atoms with Gasteiger partial charge >= 0.3 is 0 Å². The Balaban J connectivity index is 1.60. The lowest BCUT2D eigenvalue weighted by Crippen LogP contribution is -2.33. The summed E-state index contributed by atoms with van der Waals surface area (Å²) in [5.74, 6) is 0.255. The number of carbonyl (C=O) groups excluding carboxylic acids is 2. The number of benzene rings is 2. The Morgan fingerprint density at radius 3 is 2.05 bits per heavy atom. The highest BCUT2D eigenvalue weighted by Gasteiger charge is 2.34. The minimum absolute atomic E-state index is 0.245. The molecule has 0 aliphatic carbocycles. The number of amides is 2. The Morgan fingerprint density at radius 2 is 1.50 bits per heavy atom. The topological polar surface area (TPSA) is 46.6 Å². The highest BCUT2D eigenvalue weighted by atomic mass is 16.5. The number of hydrogen-bond acceptors (Lipinski definition) is 3. The maximum absolute atomic E-state index is 12.2. The molecular weight excluding hydrogens is 278 g/mol. The van der Waals surface area contributed by atoms with Crippen molar-refractivity contribution in [1.29, 1.82) is 0 Å². The van der Waals surface area contributed by atoms with Crippen molar-refractivity contribution >= 4 is 11.8 Å². The minimum Gasteiger partial charge on any atom is -0.492 e. The van der Waals surface area contributed by atoms with Crippen LogP contribution >= 0.6 is 0 Å². The molecule has 0 N–H and O–H groups in total. The number of imide groups is 1. The molecule has 2 amide bonds. The lowest BCUT2D eigenvalue weighted by molar-refractivity contribution is 0.0631. The highest BCUT2D eigenvalue weighted by Crippen LogP contribution is 2.22. The van der Waals surface area contributed by atoms with Crippen molar-refractivity contribution in [3.05, 3.63) is 65.2 Å². The molecule has 1 heterocycles. The number of rotatable bonds is 5. The molecule has 0 unspecified atom stereocenters. The average Bonchev–Trinajstić information content (AvgIpc) is 2.81. The predicted octanol–water partition coefficient (Wildman–Crippen LogP) is 2.92. The molecule has 1 aliphatic rings. The Kier molecular flexibility index (Phi) is 3.92. The van der Waals surface area contributed by atoms with E-state index in [2.05, 4.69) is 6.92 Å². The van der Waals surface area contributed by atoms with E-state index in [0.717, 1.165) is 12.2 Å². The summed E-state index contributed by atoms with van der Waals surface area (Å²) in [5.41, 5.74) is 2.19. The van der Waals surface area contributed by atoms with Crippen LogP contribution in [-0.2, 0) is 6.42 Å². The second-order valence-corrected chi connectivity index (χ2v) is 5.15. The van der Waals surface area contributed by atoms with E-state index in [-0.39, 0.29) is 25.0 Å². The zero-order chi connectivity index (χ0) is 15.5. The van der Waals surface area contributed by atoms with Crippen LogP contribution < -0.4 is 4.74 Å². The van der Waals surface area contributed by atoms with Crippen molar-refractivity contribution in [1.82, 2.24) is 4.90 Å². The normalized spacial score (nSPS) is 13.4. The van der Waals surface area contributed by atoms with Crippen molar-refractivity contribution < 1.29 is 14.3 Å². The van der Waals surface area contributed by atoms with Gasteiger partial charge in [0.15, 0.2) is 0 Å². The third kappa shape index (κ3) is 2.60. The monoisotopic (exact) mass is 295 g/mol. The number of aryl methyl sites for hydroxylation is 1. The van der Waals surface area contributed by atoms with Crippen LogP contribution in [0.5, 0.6) is 5.75 Å². The fourth-order valence-electron chi connectivity index (χ4n) is 2.52. The Hall–Kier alpha value is -2.62. The summed E-state index contributed by atoms with van der Waals surface area (Å²) < 4.78 is 5.62. The van der Waals surface area contributed by atoms with E-state index >= 15 is 0 Å².